The fourth-order valence-corrected chi connectivity index (χ4v) is 1.39. The molecule has 0 aromatic rings. The second-order valence-corrected chi connectivity index (χ2v) is 4.02. The average Bonchev–Trinajstić information content (AvgIpc) is 2.21. The van der Waals surface area contributed by atoms with Crippen molar-refractivity contribution in [2.24, 2.45) is 0 Å². The molecule has 0 rings (SSSR count). The molecular formula is C6H14O9S. The first-order chi connectivity index (χ1) is 7.22. The summed E-state index contributed by atoms with van der Waals surface area (Å²) in [5.41, 5.74) is 0. The third-order valence-electron chi connectivity index (χ3n) is 1.74. The molecule has 0 aromatic carbocycles. The van der Waals surface area contributed by atoms with E-state index in [0.29, 0.717) is 0 Å². The van der Waals surface area contributed by atoms with Crippen LogP contribution in [0.15, 0.2) is 0 Å². The molecule has 0 fully saturated rings. The number of hydrogen-bond acceptors (Lipinski definition) is 8. The van der Waals surface area contributed by atoms with Crippen LogP contribution in [0.2, 0.25) is 0 Å². The Balaban J connectivity index is 4.58. The quantitative estimate of drug-likeness (QED) is 0.253. The van der Waals surface area contributed by atoms with E-state index in [9.17, 15) is 13.5 Å². The molecule has 0 aliphatic rings. The zero-order valence-corrected chi connectivity index (χ0v) is 8.86. The number of aliphatic hydroxyl groups excluding tert-OH is 5. The van der Waals surface area contributed by atoms with Gasteiger partial charge in [-0.25, -0.2) is 4.18 Å². The molecule has 6 N–H and O–H groups in total. The van der Waals surface area contributed by atoms with Gasteiger partial charge in [-0.1, -0.05) is 0 Å². The summed E-state index contributed by atoms with van der Waals surface area (Å²) in [5, 5.41) is 44.4. The van der Waals surface area contributed by atoms with Gasteiger partial charge in [-0.05, 0) is 0 Å². The van der Waals surface area contributed by atoms with Gasteiger partial charge in [-0.2, -0.15) is 8.42 Å². The molecule has 10 heteroatoms. The van der Waals surface area contributed by atoms with E-state index in [1.165, 1.54) is 0 Å². The smallest absolute Gasteiger partial charge is 0.394 e. The Labute approximate surface area is 91.5 Å². The van der Waals surface area contributed by atoms with Crippen LogP contribution in [0, 0.1) is 0 Å². The van der Waals surface area contributed by atoms with Crippen molar-refractivity contribution in [3.63, 3.8) is 0 Å². The molecule has 0 aromatic heterocycles. The molecule has 9 nitrogen and oxygen atoms in total. The van der Waals surface area contributed by atoms with Crippen molar-refractivity contribution in [2.75, 3.05) is 13.2 Å². The number of aliphatic hydroxyl groups is 5. The molecule has 4 atom stereocenters. The molecule has 16 heavy (non-hydrogen) atoms. The Morgan fingerprint density at radius 2 is 1.50 bits per heavy atom. The van der Waals surface area contributed by atoms with E-state index in [1.54, 1.807) is 0 Å². The van der Waals surface area contributed by atoms with E-state index in [-0.39, 0.29) is 0 Å². The van der Waals surface area contributed by atoms with Gasteiger partial charge in [-0.3, -0.25) is 4.55 Å². The molecule has 0 aliphatic carbocycles. The second-order valence-electron chi connectivity index (χ2n) is 2.98. The summed E-state index contributed by atoms with van der Waals surface area (Å²) in [4.78, 5) is 0. The molecule has 0 saturated carbocycles. The van der Waals surface area contributed by atoms with Gasteiger partial charge in [0, 0.05) is 0 Å². The lowest BCUT2D eigenvalue weighted by Gasteiger charge is -2.26. The Bertz CT molecular complexity index is 288. The van der Waals surface area contributed by atoms with Crippen LogP contribution in [0.5, 0.6) is 0 Å². The maximum Gasteiger partial charge on any atom is 0.397 e. The monoisotopic (exact) mass is 262 g/mol. The zero-order valence-electron chi connectivity index (χ0n) is 8.04. The van der Waals surface area contributed by atoms with Crippen molar-refractivity contribution in [1.29, 1.82) is 0 Å². The number of rotatable bonds is 7. The van der Waals surface area contributed by atoms with Crippen molar-refractivity contribution in [2.45, 2.75) is 24.4 Å². The van der Waals surface area contributed by atoms with Gasteiger partial charge in [0.2, 0.25) is 0 Å². The van der Waals surface area contributed by atoms with E-state index in [2.05, 4.69) is 4.18 Å². The molecule has 0 bridgehead atoms. The van der Waals surface area contributed by atoms with Crippen LogP contribution in [0.3, 0.4) is 0 Å². The van der Waals surface area contributed by atoms with Crippen LogP contribution >= 0.6 is 0 Å². The lowest BCUT2D eigenvalue weighted by Crippen LogP contribution is -2.48. The first kappa shape index (κ1) is 15.7. The Morgan fingerprint density at radius 1 is 1.00 bits per heavy atom. The average molecular weight is 262 g/mol. The van der Waals surface area contributed by atoms with Gasteiger partial charge in [0.25, 0.3) is 0 Å². The van der Waals surface area contributed by atoms with Crippen molar-refractivity contribution in [1.82, 2.24) is 0 Å². The molecule has 0 amide bonds. The predicted molar refractivity (Wildman–Crippen MR) is 48.6 cm³/mol. The van der Waals surface area contributed by atoms with Crippen molar-refractivity contribution < 1.29 is 42.7 Å². The summed E-state index contributed by atoms with van der Waals surface area (Å²) in [6.07, 6.45) is -7.54. The highest BCUT2D eigenvalue weighted by atomic mass is 32.3. The lowest BCUT2D eigenvalue weighted by molar-refractivity contribution is -0.117. The van der Waals surface area contributed by atoms with Crippen LogP contribution in [0.4, 0.5) is 0 Å². The van der Waals surface area contributed by atoms with Gasteiger partial charge in [0.05, 0.1) is 13.2 Å². The fraction of sp³-hybridized carbons (Fsp3) is 1.00. The van der Waals surface area contributed by atoms with Crippen molar-refractivity contribution >= 4 is 10.4 Å². The van der Waals surface area contributed by atoms with Gasteiger partial charge < -0.3 is 25.5 Å². The zero-order chi connectivity index (χ0) is 12.9. The minimum absolute atomic E-state index is 0.887. The van der Waals surface area contributed by atoms with E-state index < -0.39 is 48.0 Å². The molecule has 98 valence electrons. The highest BCUT2D eigenvalue weighted by Crippen LogP contribution is 2.10. The molecular weight excluding hydrogens is 248 g/mol. The molecule has 0 spiro atoms. The summed E-state index contributed by atoms with van der Waals surface area (Å²) >= 11 is 0. The topological polar surface area (TPSA) is 165 Å². The maximum absolute atomic E-state index is 10.3. The highest BCUT2D eigenvalue weighted by molar-refractivity contribution is 7.80. The Morgan fingerprint density at radius 3 is 1.81 bits per heavy atom. The van der Waals surface area contributed by atoms with Crippen molar-refractivity contribution in [3.05, 3.63) is 0 Å². The third kappa shape index (κ3) is 5.14. The van der Waals surface area contributed by atoms with Crippen LogP contribution < -0.4 is 0 Å². The number of hydrogen-bond donors (Lipinski definition) is 6. The van der Waals surface area contributed by atoms with Gasteiger partial charge in [0.15, 0.2) is 0 Å². The summed E-state index contributed by atoms with van der Waals surface area (Å²) in [6, 6.07) is 0. The minimum Gasteiger partial charge on any atom is -0.394 e. The molecule has 0 radical (unpaired) electrons. The second kappa shape index (κ2) is 6.42. The molecule has 0 heterocycles. The van der Waals surface area contributed by atoms with Gasteiger partial charge >= 0.3 is 10.4 Å². The Hall–Kier alpha value is -0.330. The van der Waals surface area contributed by atoms with Gasteiger partial charge in [-0.15, -0.1) is 0 Å². The van der Waals surface area contributed by atoms with Crippen molar-refractivity contribution in [3.8, 4) is 0 Å². The summed E-state index contributed by atoms with van der Waals surface area (Å²) < 4.78 is 32.7. The maximum atomic E-state index is 10.3. The highest BCUT2D eigenvalue weighted by Gasteiger charge is 2.33. The third-order valence-corrected chi connectivity index (χ3v) is 2.23. The SMILES string of the molecule is O=S(=O)(O)O[C@H](CO)[C@@H](O)[C@H](O)[C@@H](O)CO. The molecule has 0 unspecified atom stereocenters. The summed E-state index contributed by atoms with van der Waals surface area (Å²) in [5.74, 6) is 0. The largest absolute Gasteiger partial charge is 0.397 e. The van der Waals surface area contributed by atoms with Crippen LogP contribution in [-0.4, -0.2) is 76.1 Å². The van der Waals surface area contributed by atoms with Crippen LogP contribution in [0.25, 0.3) is 0 Å². The predicted octanol–water partition coefficient (Wildman–Crippen LogP) is -3.76. The molecule has 0 saturated heterocycles. The van der Waals surface area contributed by atoms with E-state index >= 15 is 0 Å². The fourth-order valence-electron chi connectivity index (χ4n) is 0.907. The normalized spacial score (nSPS) is 20.1. The van der Waals surface area contributed by atoms with E-state index in [4.69, 9.17) is 25.0 Å². The molecule has 0 aliphatic heterocycles. The Kier molecular flexibility index (Phi) is 6.28. The first-order valence-electron chi connectivity index (χ1n) is 4.14. The minimum atomic E-state index is -4.92. The summed E-state index contributed by atoms with van der Waals surface area (Å²) in [7, 11) is -4.92. The van der Waals surface area contributed by atoms with Crippen LogP contribution in [0.1, 0.15) is 0 Å². The van der Waals surface area contributed by atoms with E-state index in [1.807, 2.05) is 0 Å². The lowest BCUT2D eigenvalue weighted by atomic mass is 10.0. The van der Waals surface area contributed by atoms with Crippen LogP contribution in [-0.2, 0) is 14.6 Å². The first-order valence-corrected chi connectivity index (χ1v) is 5.51. The van der Waals surface area contributed by atoms with E-state index in [0.717, 1.165) is 0 Å². The standard InChI is InChI=1S/C6H14O9S/c7-1-3(9)5(10)6(11)4(2-8)15-16(12,13)14/h3-11H,1-2H2,(H,12,13,14)/t3-,4+,5+,6+/m0/s1. The van der Waals surface area contributed by atoms with Gasteiger partial charge in [0.1, 0.15) is 24.4 Å². The summed E-state index contributed by atoms with van der Waals surface area (Å²) in [6.45, 7) is -1.92.